The second-order valence-corrected chi connectivity index (χ2v) is 9.94. The van der Waals surface area contributed by atoms with Gasteiger partial charge in [-0.1, -0.05) is 84.4 Å². The number of rotatable bonds is 3. The van der Waals surface area contributed by atoms with Crippen LogP contribution in [0.4, 0.5) is 15.8 Å². The van der Waals surface area contributed by atoms with E-state index in [1.807, 2.05) is 79.7 Å². The summed E-state index contributed by atoms with van der Waals surface area (Å²) in [6, 6.07) is 30.8. The number of allylic oxidation sites excluding steroid dienone is 1. The van der Waals surface area contributed by atoms with E-state index in [9.17, 15) is 14.0 Å². The summed E-state index contributed by atoms with van der Waals surface area (Å²) in [7, 11) is 0. The Morgan fingerprint density at radius 1 is 0.868 bits per heavy atom. The lowest BCUT2D eigenvalue weighted by atomic mass is 9.76. The number of amides is 1. The van der Waals surface area contributed by atoms with Crippen LogP contribution in [0.15, 0.2) is 115 Å². The van der Waals surface area contributed by atoms with Crippen molar-refractivity contribution < 1.29 is 14.0 Å². The zero-order valence-electron chi connectivity index (χ0n) is 21.0. The maximum atomic E-state index is 14.8. The van der Waals surface area contributed by atoms with Crippen LogP contribution in [0.1, 0.15) is 45.4 Å². The number of carbonyl (C=O) groups excluding carboxylic acids is 2. The van der Waals surface area contributed by atoms with Crippen LogP contribution in [0.2, 0.25) is 0 Å². The number of ketones is 1. The summed E-state index contributed by atoms with van der Waals surface area (Å²) in [5, 5.41) is 3.48. The Balaban J connectivity index is 1.57. The SMILES string of the molecule is Cc1ccc([C@H]2[C@H]3C(=O)C[C@H](c4ccccc4F)C=C3Nc3ccccc3N2C(=O)c2ccccc2)cc1. The van der Waals surface area contributed by atoms with Gasteiger partial charge in [0.15, 0.2) is 0 Å². The minimum atomic E-state index is -0.638. The lowest BCUT2D eigenvalue weighted by Gasteiger charge is -2.37. The van der Waals surface area contributed by atoms with Crippen LogP contribution in [0.5, 0.6) is 0 Å². The van der Waals surface area contributed by atoms with E-state index in [1.165, 1.54) is 6.07 Å². The molecule has 0 fully saturated rings. The van der Waals surface area contributed by atoms with Crippen molar-refractivity contribution in [1.29, 1.82) is 0 Å². The van der Waals surface area contributed by atoms with E-state index in [1.54, 1.807) is 35.2 Å². The molecule has 1 N–H and O–H groups in total. The van der Waals surface area contributed by atoms with Gasteiger partial charge >= 0.3 is 0 Å². The van der Waals surface area contributed by atoms with Gasteiger partial charge in [0.25, 0.3) is 5.91 Å². The summed E-state index contributed by atoms with van der Waals surface area (Å²) in [5.41, 5.74) is 5.10. The molecule has 4 aromatic rings. The van der Waals surface area contributed by atoms with Crippen molar-refractivity contribution in [3.05, 3.63) is 143 Å². The van der Waals surface area contributed by atoms with E-state index in [-0.39, 0.29) is 23.9 Å². The summed E-state index contributed by atoms with van der Waals surface area (Å²) >= 11 is 0. The van der Waals surface area contributed by atoms with E-state index < -0.39 is 17.9 Å². The molecule has 0 saturated heterocycles. The molecule has 1 aliphatic heterocycles. The third kappa shape index (κ3) is 4.20. The van der Waals surface area contributed by atoms with Crippen LogP contribution in [0, 0.1) is 18.7 Å². The zero-order chi connectivity index (χ0) is 26.2. The molecule has 2 aliphatic rings. The molecule has 6 rings (SSSR count). The molecule has 0 radical (unpaired) electrons. The van der Waals surface area contributed by atoms with Gasteiger partial charge in [-0.25, -0.2) is 4.39 Å². The van der Waals surface area contributed by atoms with E-state index in [0.29, 0.717) is 22.5 Å². The van der Waals surface area contributed by atoms with Gasteiger partial charge in [-0.3, -0.25) is 14.5 Å². The molecule has 4 aromatic carbocycles. The highest BCUT2D eigenvalue weighted by Gasteiger charge is 2.45. The number of hydrogen-bond acceptors (Lipinski definition) is 3. The fourth-order valence-corrected chi connectivity index (χ4v) is 5.64. The van der Waals surface area contributed by atoms with Crippen LogP contribution in [-0.2, 0) is 4.79 Å². The first-order valence-electron chi connectivity index (χ1n) is 12.8. The van der Waals surface area contributed by atoms with Crippen LogP contribution < -0.4 is 10.2 Å². The molecule has 1 aliphatic carbocycles. The number of Topliss-reactive ketones (excluding diaryl/α,β-unsaturated/α-hetero) is 1. The number of halogens is 1. The fraction of sp³-hybridized carbons (Fsp3) is 0.152. The highest BCUT2D eigenvalue weighted by molar-refractivity contribution is 6.09. The zero-order valence-corrected chi connectivity index (χ0v) is 21.0. The van der Waals surface area contributed by atoms with Gasteiger partial charge in [-0.15, -0.1) is 0 Å². The fourth-order valence-electron chi connectivity index (χ4n) is 5.64. The lowest BCUT2D eigenvalue weighted by molar-refractivity contribution is -0.123. The molecular formula is C33H27FN2O2. The highest BCUT2D eigenvalue weighted by atomic mass is 19.1. The number of benzene rings is 4. The molecule has 3 atom stereocenters. The Morgan fingerprint density at radius 2 is 1.55 bits per heavy atom. The monoisotopic (exact) mass is 502 g/mol. The Bertz CT molecular complexity index is 1550. The number of fused-ring (bicyclic) bond motifs is 2. The quantitative estimate of drug-likeness (QED) is 0.322. The van der Waals surface area contributed by atoms with Crippen molar-refractivity contribution in [3.8, 4) is 0 Å². The molecule has 1 heterocycles. The largest absolute Gasteiger partial charge is 0.357 e. The van der Waals surface area contributed by atoms with E-state index in [2.05, 4.69) is 5.32 Å². The Hall–Kier alpha value is -4.51. The number of anilines is 2. The molecule has 38 heavy (non-hydrogen) atoms. The van der Waals surface area contributed by atoms with E-state index in [4.69, 9.17) is 0 Å². The van der Waals surface area contributed by atoms with Crippen LogP contribution in [0.3, 0.4) is 0 Å². The van der Waals surface area contributed by atoms with E-state index >= 15 is 0 Å². The molecule has 0 spiro atoms. The van der Waals surface area contributed by atoms with Crippen LogP contribution >= 0.6 is 0 Å². The molecule has 0 bridgehead atoms. The topological polar surface area (TPSA) is 49.4 Å². The molecule has 4 nitrogen and oxygen atoms in total. The molecule has 1 amide bonds. The summed E-state index contributed by atoms with van der Waals surface area (Å²) < 4.78 is 14.8. The van der Waals surface area contributed by atoms with Gasteiger partial charge in [0.2, 0.25) is 0 Å². The molecular weight excluding hydrogens is 475 g/mol. The first-order valence-corrected chi connectivity index (χ1v) is 12.8. The van der Waals surface area contributed by atoms with Gasteiger partial charge in [0, 0.05) is 23.6 Å². The Morgan fingerprint density at radius 3 is 2.32 bits per heavy atom. The summed E-state index contributed by atoms with van der Waals surface area (Å²) in [5.74, 6) is -1.58. The average molecular weight is 503 g/mol. The van der Waals surface area contributed by atoms with Crippen molar-refractivity contribution in [2.45, 2.75) is 25.3 Å². The van der Waals surface area contributed by atoms with Crippen molar-refractivity contribution >= 4 is 23.1 Å². The van der Waals surface area contributed by atoms with Crippen molar-refractivity contribution in [2.75, 3.05) is 10.2 Å². The standard InChI is InChI=1S/C33H27FN2O2/c1-21-15-17-22(18-16-21)32-31-28(19-24(20-30(31)37)25-11-5-6-12-26(25)34)35-27-13-7-8-14-29(27)36(32)33(38)23-9-3-2-4-10-23/h2-19,24,31-32,35H,20H2,1H3/t24-,31-,32+/m1/s1. The summed E-state index contributed by atoms with van der Waals surface area (Å²) in [6.45, 7) is 2.01. The second kappa shape index (κ2) is 9.75. The maximum absolute atomic E-state index is 14.8. The Labute approximate surface area is 221 Å². The molecule has 0 unspecified atom stereocenters. The van der Waals surface area contributed by atoms with Crippen molar-refractivity contribution in [3.63, 3.8) is 0 Å². The van der Waals surface area contributed by atoms with Crippen molar-refractivity contribution in [2.24, 2.45) is 5.92 Å². The number of carbonyl (C=O) groups is 2. The van der Waals surface area contributed by atoms with Gasteiger partial charge in [0.05, 0.1) is 23.3 Å². The smallest absolute Gasteiger partial charge is 0.258 e. The van der Waals surface area contributed by atoms with Gasteiger partial charge in [-0.2, -0.15) is 0 Å². The van der Waals surface area contributed by atoms with Crippen LogP contribution in [0.25, 0.3) is 0 Å². The third-order valence-corrected chi connectivity index (χ3v) is 7.48. The Kier molecular flexibility index (Phi) is 6.12. The average Bonchev–Trinajstić information content (AvgIpc) is 3.08. The van der Waals surface area contributed by atoms with Gasteiger partial charge in [0.1, 0.15) is 11.6 Å². The molecule has 188 valence electrons. The van der Waals surface area contributed by atoms with Crippen molar-refractivity contribution in [1.82, 2.24) is 0 Å². The minimum absolute atomic E-state index is 0.0347. The number of aryl methyl sites for hydroxylation is 1. The third-order valence-electron chi connectivity index (χ3n) is 7.48. The lowest BCUT2D eigenvalue weighted by Crippen LogP contribution is -2.42. The van der Waals surface area contributed by atoms with Crippen LogP contribution in [-0.4, -0.2) is 11.7 Å². The second-order valence-electron chi connectivity index (χ2n) is 9.94. The van der Waals surface area contributed by atoms with Gasteiger partial charge in [-0.05, 0) is 48.4 Å². The predicted octanol–water partition coefficient (Wildman–Crippen LogP) is 7.20. The van der Waals surface area contributed by atoms with E-state index in [0.717, 1.165) is 16.8 Å². The number of nitrogens with zero attached hydrogens (tertiary/aromatic N) is 1. The number of para-hydroxylation sites is 2. The number of nitrogens with one attached hydrogen (secondary N) is 1. The molecule has 5 heteroatoms. The minimum Gasteiger partial charge on any atom is -0.357 e. The summed E-state index contributed by atoms with van der Waals surface area (Å²) in [4.78, 5) is 30.0. The summed E-state index contributed by atoms with van der Waals surface area (Å²) in [6.07, 6.45) is 2.13. The highest BCUT2D eigenvalue weighted by Crippen LogP contribution is 2.48. The van der Waals surface area contributed by atoms with Gasteiger partial charge < -0.3 is 5.32 Å². The number of hydrogen-bond donors (Lipinski definition) is 1. The normalized spacial score (nSPS) is 20.5. The first kappa shape index (κ1) is 23.9. The molecule has 0 saturated carbocycles. The molecule has 0 aromatic heterocycles. The first-order chi connectivity index (χ1) is 18.5. The predicted molar refractivity (Wildman–Crippen MR) is 148 cm³/mol. The maximum Gasteiger partial charge on any atom is 0.258 e.